The van der Waals surface area contributed by atoms with Crippen LogP contribution in [-0.2, 0) is 43.6 Å². The Hall–Kier alpha value is -3.27. The van der Waals surface area contributed by atoms with E-state index in [0.717, 1.165) is 16.3 Å². The molecule has 0 radical (unpaired) electrons. The van der Waals surface area contributed by atoms with E-state index in [4.69, 9.17) is 14.2 Å². The van der Waals surface area contributed by atoms with Gasteiger partial charge < -0.3 is 24.3 Å². The number of ether oxygens (including phenoxy) is 3. The van der Waals surface area contributed by atoms with Gasteiger partial charge in [0.05, 0.1) is 19.1 Å². The fourth-order valence-electron chi connectivity index (χ4n) is 2.48. The standard InChI is InChI=1S/C19H23N3O7/c1-3-27-19(24)11-21-16(20-10-17(21)22(25)26)13-28-14(2)9-18(23)29-12-15-7-5-4-6-8-15/h4-8,10,14H,3,9,11-13H2,1-2H3. The molecule has 10 nitrogen and oxygen atoms in total. The van der Waals surface area contributed by atoms with Crippen molar-refractivity contribution in [2.75, 3.05) is 6.61 Å². The van der Waals surface area contributed by atoms with Gasteiger partial charge in [0.2, 0.25) is 5.82 Å². The average Bonchev–Trinajstić information content (AvgIpc) is 3.08. The van der Waals surface area contributed by atoms with E-state index >= 15 is 0 Å². The Morgan fingerprint density at radius 2 is 1.90 bits per heavy atom. The predicted octanol–water partition coefficient (Wildman–Crippen LogP) is 2.39. The molecule has 2 aromatic rings. The summed E-state index contributed by atoms with van der Waals surface area (Å²) in [6.45, 7) is 3.19. The summed E-state index contributed by atoms with van der Waals surface area (Å²) >= 11 is 0. The van der Waals surface area contributed by atoms with E-state index in [9.17, 15) is 19.7 Å². The maximum absolute atomic E-state index is 11.9. The lowest BCUT2D eigenvalue weighted by Crippen LogP contribution is -2.20. The van der Waals surface area contributed by atoms with Crippen LogP contribution in [0.3, 0.4) is 0 Å². The summed E-state index contributed by atoms with van der Waals surface area (Å²) < 4.78 is 16.7. The van der Waals surface area contributed by atoms with Gasteiger partial charge in [-0.05, 0) is 24.3 Å². The molecule has 0 saturated heterocycles. The van der Waals surface area contributed by atoms with Crippen LogP contribution >= 0.6 is 0 Å². The highest BCUT2D eigenvalue weighted by molar-refractivity contribution is 5.70. The summed E-state index contributed by atoms with van der Waals surface area (Å²) in [5.41, 5.74) is 0.878. The van der Waals surface area contributed by atoms with Crippen LogP contribution in [-0.4, -0.2) is 39.1 Å². The van der Waals surface area contributed by atoms with E-state index in [0.29, 0.717) is 0 Å². The molecule has 29 heavy (non-hydrogen) atoms. The summed E-state index contributed by atoms with van der Waals surface area (Å²) in [5.74, 6) is -1.20. The van der Waals surface area contributed by atoms with Gasteiger partial charge in [0.25, 0.3) is 0 Å². The molecule has 0 fully saturated rings. The Balaban J connectivity index is 1.88. The zero-order chi connectivity index (χ0) is 21.2. The van der Waals surface area contributed by atoms with Gasteiger partial charge in [-0.25, -0.2) is 9.78 Å². The Labute approximate surface area is 167 Å². The molecule has 1 heterocycles. The quantitative estimate of drug-likeness (QED) is 0.317. The minimum absolute atomic E-state index is 0.00745. The van der Waals surface area contributed by atoms with Crippen molar-refractivity contribution in [3.63, 3.8) is 0 Å². The monoisotopic (exact) mass is 405 g/mol. The largest absolute Gasteiger partial charge is 0.463 e. The third kappa shape index (κ3) is 7.00. The second-order valence-corrected chi connectivity index (χ2v) is 6.15. The Kier molecular flexibility index (Phi) is 8.28. The molecule has 0 saturated carbocycles. The van der Waals surface area contributed by atoms with Crippen molar-refractivity contribution in [1.29, 1.82) is 0 Å². The summed E-state index contributed by atoms with van der Waals surface area (Å²) in [4.78, 5) is 38.1. The Morgan fingerprint density at radius 3 is 2.55 bits per heavy atom. The van der Waals surface area contributed by atoms with Crippen molar-refractivity contribution in [1.82, 2.24) is 9.55 Å². The molecule has 156 valence electrons. The highest BCUT2D eigenvalue weighted by Crippen LogP contribution is 2.16. The zero-order valence-corrected chi connectivity index (χ0v) is 16.3. The molecule has 1 aromatic carbocycles. The van der Waals surface area contributed by atoms with Gasteiger partial charge >= 0.3 is 17.8 Å². The fourth-order valence-corrected chi connectivity index (χ4v) is 2.48. The van der Waals surface area contributed by atoms with Gasteiger partial charge in [0.15, 0.2) is 6.54 Å². The van der Waals surface area contributed by atoms with Crippen LogP contribution in [0, 0.1) is 10.1 Å². The lowest BCUT2D eigenvalue weighted by atomic mass is 10.2. The van der Waals surface area contributed by atoms with Gasteiger partial charge in [-0.15, -0.1) is 0 Å². The van der Waals surface area contributed by atoms with Crippen molar-refractivity contribution in [2.45, 2.75) is 46.1 Å². The Bertz CT molecular complexity index is 836. The molecule has 1 aromatic heterocycles. The van der Waals surface area contributed by atoms with Crippen molar-refractivity contribution < 1.29 is 28.7 Å². The van der Waals surface area contributed by atoms with Crippen LogP contribution in [0.1, 0.15) is 31.7 Å². The van der Waals surface area contributed by atoms with Crippen molar-refractivity contribution in [3.8, 4) is 0 Å². The molecule has 0 spiro atoms. The number of carbonyl (C=O) groups is 2. The van der Waals surface area contributed by atoms with Crippen molar-refractivity contribution in [2.24, 2.45) is 0 Å². The molecular formula is C19H23N3O7. The first-order chi connectivity index (χ1) is 13.9. The first kappa shape index (κ1) is 22.0. The second kappa shape index (κ2) is 10.9. The van der Waals surface area contributed by atoms with Crippen LogP contribution in [0.15, 0.2) is 36.5 Å². The number of rotatable bonds is 11. The molecule has 0 aliphatic heterocycles. The Morgan fingerprint density at radius 1 is 1.17 bits per heavy atom. The van der Waals surface area contributed by atoms with Crippen LogP contribution in [0.25, 0.3) is 0 Å². The van der Waals surface area contributed by atoms with Crippen LogP contribution in [0.2, 0.25) is 0 Å². The first-order valence-corrected chi connectivity index (χ1v) is 9.06. The summed E-state index contributed by atoms with van der Waals surface area (Å²) in [5, 5.41) is 11.1. The van der Waals surface area contributed by atoms with Gasteiger partial charge in [-0.3, -0.25) is 4.79 Å². The van der Waals surface area contributed by atoms with Crippen molar-refractivity contribution >= 4 is 17.8 Å². The summed E-state index contributed by atoms with van der Waals surface area (Å²) in [6.07, 6.45) is 0.551. The SMILES string of the molecule is CCOC(=O)Cn1c([N+](=O)[O-])cnc1COC(C)CC(=O)OCc1ccccc1. The number of imidazole rings is 1. The number of aromatic nitrogens is 2. The van der Waals surface area contributed by atoms with Gasteiger partial charge in [0, 0.05) is 0 Å². The molecule has 1 unspecified atom stereocenters. The van der Waals surface area contributed by atoms with Crippen LogP contribution in [0.5, 0.6) is 0 Å². The van der Waals surface area contributed by atoms with Crippen LogP contribution < -0.4 is 0 Å². The summed E-state index contributed by atoms with van der Waals surface area (Å²) in [7, 11) is 0. The second-order valence-electron chi connectivity index (χ2n) is 6.15. The van der Waals surface area contributed by atoms with E-state index in [1.807, 2.05) is 30.3 Å². The van der Waals surface area contributed by atoms with E-state index in [1.165, 1.54) is 0 Å². The first-order valence-electron chi connectivity index (χ1n) is 9.06. The topological polar surface area (TPSA) is 123 Å². The highest BCUT2D eigenvalue weighted by Gasteiger charge is 2.24. The normalized spacial score (nSPS) is 11.7. The fraction of sp³-hybridized carbons (Fsp3) is 0.421. The van der Waals surface area contributed by atoms with Crippen molar-refractivity contribution in [3.05, 3.63) is 58.0 Å². The van der Waals surface area contributed by atoms with E-state index in [-0.39, 0.29) is 44.4 Å². The minimum Gasteiger partial charge on any atom is -0.463 e. The van der Waals surface area contributed by atoms with E-state index in [1.54, 1.807) is 13.8 Å². The molecule has 0 bridgehead atoms. The van der Waals surface area contributed by atoms with Gasteiger partial charge in [0.1, 0.15) is 19.4 Å². The predicted molar refractivity (Wildman–Crippen MR) is 101 cm³/mol. The molecule has 2 rings (SSSR count). The number of esters is 2. The van der Waals surface area contributed by atoms with Gasteiger partial charge in [-0.1, -0.05) is 30.3 Å². The zero-order valence-electron chi connectivity index (χ0n) is 16.3. The third-order valence-electron chi connectivity index (χ3n) is 3.89. The minimum atomic E-state index is -0.639. The number of nitrogens with zero attached hydrogens (tertiary/aromatic N) is 3. The number of hydrogen-bond acceptors (Lipinski definition) is 8. The maximum atomic E-state index is 11.9. The molecule has 0 N–H and O–H groups in total. The lowest BCUT2D eigenvalue weighted by Gasteiger charge is -2.12. The van der Waals surface area contributed by atoms with E-state index in [2.05, 4.69) is 4.98 Å². The molecule has 10 heteroatoms. The van der Waals surface area contributed by atoms with Crippen LogP contribution in [0.4, 0.5) is 5.82 Å². The molecule has 0 aliphatic rings. The molecule has 0 amide bonds. The molecule has 1 atom stereocenters. The maximum Gasteiger partial charge on any atom is 0.348 e. The smallest absolute Gasteiger partial charge is 0.348 e. The lowest BCUT2D eigenvalue weighted by molar-refractivity contribution is -0.392. The number of carbonyl (C=O) groups excluding carboxylic acids is 2. The third-order valence-corrected chi connectivity index (χ3v) is 3.89. The number of hydrogen-bond donors (Lipinski definition) is 0. The summed E-state index contributed by atoms with van der Waals surface area (Å²) in [6, 6.07) is 9.28. The van der Waals surface area contributed by atoms with Gasteiger partial charge in [-0.2, -0.15) is 4.57 Å². The molecule has 0 aliphatic carbocycles. The molecular weight excluding hydrogens is 382 g/mol. The number of benzene rings is 1. The average molecular weight is 405 g/mol. The van der Waals surface area contributed by atoms with E-state index < -0.39 is 23.0 Å². The number of nitro groups is 1. The highest BCUT2D eigenvalue weighted by atomic mass is 16.6.